The first-order chi connectivity index (χ1) is 8.04. The minimum absolute atomic E-state index is 0.150. The van der Waals surface area contributed by atoms with Crippen LogP contribution in [0, 0.1) is 0 Å². The molecule has 6 heteroatoms. The molecule has 0 bridgehead atoms. The maximum atomic E-state index is 11.7. The molecule has 0 saturated heterocycles. The van der Waals surface area contributed by atoms with Gasteiger partial charge in [-0.15, -0.1) is 0 Å². The van der Waals surface area contributed by atoms with Crippen molar-refractivity contribution in [2.75, 3.05) is 13.7 Å². The van der Waals surface area contributed by atoms with E-state index in [1.165, 1.54) is 7.11 Å². The molecule has 0 unspecified atom stereocenters. The van der Waals surface area contributed by atoms with E-state index in [4.69, 9.17) is 11.6 Å². The fourth-order valence-corrected chi connectivity index (χ4v) is 1.62. The minimum atomic E-state index is -0.359. The summed E-state index contributed by atoms with van der Waals surface area (Å²) in [5.74, 6) is -0.617. The Hall–Kier alpha value is -1.07. The predicted molar refractivity (Wildman–Crippen MR) is 68.1 cm³/mol. The topological polar surface area (TPSA) is 55.4 Å². The van der Waals surface area contributed by atoms with Crippen molar-refractivity contribution in [3.63, 3.8) is 0 Å². The number of esters is 1. The maximum absolute atomic E-state index is 11.7. The third kappa shape index (κ3) is 4.36. The van der Waals surface area contributed by atoms with Crippen LogP contribution in [-0.4, -0.2) is 25.5 Å². The number of halogens is 2. The monoisotopic (exact) mass is 319 g/mol. The van der Waals surface area contributed by atoms with Gasteiger partial charge in [0.25, 0.3) is 5.91 Å². The van der Waals surface area contributed by atoms with E-state index in [2.05, 4.69) is 26.0 Å². The second-order valence-electron chi connectivity index (χ2n) is 3.21. The van der Waals surface area contributed by atoms with Crippen LogP contribution in [0.15, 0.2) is 22.7 Å². The Bertz CT molecular complexity index is 437. The molecular weight excluding hydrogens is 309 g/mol. The summed E-state index contributed by atoms with van der Waals surface area (Å²) in [4.78, 5) is 22.5. The number of carbonyl (C=O) groups is 2. The molecule has 0 aliphatic rings. The van der Waals surface area contributed by atoms with Gasteiger partial charge in [0.05, 0.1) is 18.6 Å². The van der Waals surface area contributed by atoms with Crippen molar-refractivity contribution >= 4 is 39.4 Å². The van der Waals surface area contributed by atoms with Crippen molar-refractivity contribution in [3.8, 4) is 0 Å². The van der Waals surface area contributed by atoms with E-state index in [-0.39, 0.29) is 24.8 Å². The normalized spacial score (nSPS) is 9.82. The fraction of sp³-hybridized carbons (Fsp3) is 0.273. The molecule has 92 valence electrons. The zero-order valence-electron chi connectivity index (χ0n) is 9.13. The first kappa shape index (κ1) is 14.0. The predicted octanol–water partition coefficient (Wildman–Crippen LogP) is 2.40. The average molecular weight is 321 g/mol. The van der Waals surface area contributed by atoms with E-state index in [0.717, 1.165) is 0 Å². The van der Waals surface area contributed by atoms with Crippen LogP contribution < -0.4 is 5.32 Å². The van der Waals surface area contributed by atoms with Crippen LogP contribution in [0.3, 0.4) is 0 Å². The molecule has 1 N–H and O–H groups in total. The molecule has 0 aliphatic carbocycles. The SMILES string of the molecule is COC(=O)CCNC(=O)c1ccc(Cl)c(Br)c1. The molecule has 0 radical (unpaired) electrons. The van der Waals surface area contributed by atoms with E-state index in [0.29, 0.717) is 15.1 Å². The number of amides is 1. The van der Waals surface area contributed by atoms with Crippen LogP contribution in [0.4, 0.5) is 0 Å². The molecule has 0 aliphatic heterocycles. The van der Waals surface area contributed by atoms with Crippen molar-refractivity contribution in [1.82, 2.24) is 5.32 Å². The Balaban J connectivity index is 2.52. The van der Waals surface area contributed by atoms with Crippen LogP contribution >= 0.6 is 27.5 Å². The second-order valence-corrected chi connectivity index (χ2v) is 4.47. The van der Waals surface area contributed by atoms with Gasteiger partial charge in [0.2, 0.25) is 0 Å². The molecule has 4 nitrogen and oxygen atoms in total. The lowest BCUT2D eigenvalue weighted by molar-refractivity contribution is -0.140. The number of nitrogens with one attached hydrogen (secondary N) is 1. The fourth-order valence-electron chi connectivity index (χ4n) is 1.12. The number of hydrogen-bond acceptors (Lipinski definition) is 3. The van der Waals surface area contributed by atoms with Gasteiger partial charge in [-0.2, -0.15) is 0 Å². The molecule has 0 atom stereocenters. The van der Waals surface area contributed by atoms with Gasteiger partial charge in [0.15, 0.2) is 0 Å². The van der Waals surface area contributed by atoms with Crippen LogP contribution in [0.5, 0.6) is 0 Å². The van der Waals surface area contributed by atoms with Crippen molar-refractivity contribution < 1.29 is 14.3 Å². The Morgan fingerprint density at radius 2 is 2.18 bits per heavy atom. The molecule has 0 fully saturated rings. The van der Waals surface area contributed by atoms with Crippen molar-refractivity contribution in [2.45, 2.75) is 6.42 Å². The Morgan fingerprint density at radius 1 is 1.47 bits per heavy atom. The highest BCUT2D eigenvalue weighted by Crippen LogP contribution is 2.23. The lowest BCUT2D eigenvalue weighted by atomic mass is 10.2. The summed E-state index contributed by atoms with van der Waals surface area (Å²) in [6, 6.07) is 4.86. The van der Waals surface area contributed by atoms with Crippen LogP contribution in [0.2, 0.25) is 5.02 Å². The molecule has 0 aromatic heterocycles. The quantitative estimate of drug-likeness (QED) is 0.867. The lowest BCUT2D eigenvalue weighted by Gasteiger charge is -2.05. The highest BCUT2D eigenvalue weighted by molar-refractivity contribution is 9.10. The van der Waals surface area contributed by atoms with E-state index < -0.39 is 0 Å². The lowest BCUT2D eigenvalue weighted by Crippen LogP contribution is -2.26. The van der Waals surface area contributed by atoms with Gasteiger partial charge in [-0.25, -0.2) is 0 Å². The summed E-state index contributed by atoms with van der Waals surface area (Å²) in [5, 5.41) is 3.15. The molecule has 1 rings (SSSR count). The van der Waals surface area contributed by atoms with E-state index in [1.54, 1.807) is 18.2 Å². The van der Waals surface area contributed by atoms with Crippen LogP contribution in [-0.2, 0) is 9.53 Å². The number of methoxy groups -OCH3 is 1. The Labute approximate surface area is 112 Å². The number of rotatable bonds is 4. The summed E-state index contributed by atoms with van der Waals surface area (Å²) in [7, 11) is 1.31. The third-order valence-corrected chi connectivity index (χ3v) is 3.24. The van der Waals surface area contributed by atoms with E-state index >= 15 is 0 Å². The molecule has 1 aromatic rings. The van der Waals surface area contributed by atoms with Gasteiger partial charge in [0.1, 0.15) is 0 Å². The molecule has 0 spiro atoms. The molecule has 1 amide bonds. The molecular formula is C11H11BrClNO3. The van der Waals surface area contributed by atoms with Crippen LogP contribution in [0.25, 0.3) is 0 Å². The number of benzene rings is 1. The van der Waals surface area contributed by atoms with Crippen molar-refractivity contribution in [3.05, 3.63) is 33.3 Å². The van der Waals surface area contributed by atoms with Gasteiger partial charge in [-0.1, -0.05) is 11.6 Å². The van der Waals surface area contributed by atoms with Crippen molar-refractivity contribution in [2.24, 2.45) is 0 Å². The largest absolute Gasteiger partial charge is 0.469 e. The highest BCUT2D eigenvalue weighted by Gasteiger charge is 2.08. The number of hydrogen-bond donors (Lipinski definition) is 1. The molecule has 0 heterocycles. The molecule has 0 saturated carbocycles. The van der Waals surface area contributed by atoms with Gasteiger partial charge in [-0.05, 0) is 34.1 Å². The van der Waals surface area contributed by atoms with Gasteiger partial charge >= 0.3 is 5.97 Å². The molecule has 1 aromatic carbocycles. The highest BCUT2D eigenvalue weighted by atomic mass is 79.9. The summed E-state index contributed by atoms with van der Waals surface area (Å²) in [6.07, 6.45) is 0.150. The zero-order valence-corrected chi connectivity index (χ0v) is 11.5. The van der Waals surface area contributed by atoms with E-state index in [9.17, 15) is 9.59 Å². The summed E-state index contributed by atoms with van der Waals surface area (Å²) in [6.45, 7) is 0.242. The summed E-state index contributed by atoms with van der Waals surface area (Å²) >= 11 is 9.04. The number of ether oxygens (including phenoxy) is 1. The molecule has 17 heavy (non-hydrogen) atoms. The first-order valence-corrected chi connectivity index (χ1v) is 6.01. The Kier molecular flexibility index (Phi) is 5.44. The van der Waals surface area contributed by atoms with Gasteiger partial charge < -0.3 is 10.1 Å². The smallest absolute Gasteiger partial charge is 0.307 e. The number of carbonyl (C=O) groups excluding carboxylic acids is 2. The maximum Gasteiger partial charge on any atom is 0.307 e. The first-order valence-electron chi connectivity index (χ1n) is 4.84. The van der Waals surface area contributed by atoms with Crippen molar-refractivity contribution in [1.29, 1.82) is 0 Å². The summed E-state index contributed by atoms with van der Waals surface area (Å²) in [5.41, 5.74) is 0.478. The standard InChI is InChI=1S/C11H11BrClNO3/c1-17-10(15)4-5-14-11(16)7-2-3-9(13)8(12)6-7/h2-3,6H,4-5H2,1H3,(H,14,16). The van der Waals surface area contributed by atoms with Crippen LogP contribution in [0.1, 0.15) is 16.8 Å². The Morgan fingerprint density at radius 3 is 2.76 bits per heavy atom. The zero-order chi connectivity index (χ0) is 12.8. The van der Waals surface area contributed by atoms with Gasteiger partial charge in [0, 0.05) is 16.6 Å². The minimum Gasteiger partial charge on any atom is -0.469 e. The van der Waals surface area contributed by atoms with Gasteiger partial charge in [-0.3, -0.25) is 9.59 Å². The van der Waals surface area contributed by atoms with E-state index in [1.807, 2.05) is 0 Å². The average Bonchev–Trinajstić information content (AvgIpc) is 2.32. The summed E-state index contributed by atoms with van der Waals surface area (Å²) < 4.78 is 5.11. The second kappa shape index (κ2) is 6.61. The third-order valence-electron chi connectivity index (χ3n) is 2.02.